The van der Waals surface area contributed by atoms with Crippen LogP contribution in [-0.4, -0.2) is 24.5 Å². The number of nitrogens with zero attached hydrogens (tertiary/aromatic N) is 6. The van der Waals surface area contributed by atoms with E-state index in [4.69, 9.17) is 19.9 Å². The van der Waals surface area contributed by atoms with Gasteiger partial charge in [-0.3, -0.25) is 0 Å². The smallest absolute Gasteiger partial charge is 0.308 e. The molecule has 0 spiro atoms. The van der Waals surface area contributed by atoms with E-state index in [1.165, 1.54) is 12.1 Å². The molecule has 382 valence electrons. The Hall–Kier alpha value is -9.99. The van der Waals surface area contributed by atoms with Gasteiger partial charge in [0.15, 0.2) is 11.6 Å². The minimum Gasteiger partial charge on any atom is -0.308 e. The lowest BCUT2D eigenvalue weighted by molar-refractivity contribution is -0.138. The molecule has 3 aromatic heterocycles. The first-order chi connectivity index (χ1) is 38.2. The fraction of sp³-hybridized carbons (Fsp3) is 0.0597. The first-order valence-electron chi connectivity index (χ1n) is 25.2. The summed E-state index contributed by atoms with van der Waals surface area (Å²) in [6.45, 7) is 3.23. The number of halogens is 6. The maximum atomic E-state index is 15.0. The highest BCUT2D eigenvalue weighted by Crippen LogP contribution is 2.46. The first kappa shape index (κ1) is 49.9. The van der Waals surface area contributed by atoms with Gasteiger partial charge in [-0.1, -0.05) is 157 Å². The Morgan fingerprint density at radius 1 is 0.392 bits per heavy atom. The molecule has 0 fully saturated rings. The number of rotatable bonds is 9. The minimum absolute atomic E-state index is 0.0267. The minimum atomic E-state index is -4.69. The Morgan fingerprint density at radius 2 is 0.835 bits per heavy atom. The number of benzene rings is 9. The summed E-state index contributed by atoms with van der Waals surface area (Å²) in [5.74, 6) is 0.821. The summed E-state index contributed by atoms with van der Waals surface area (Å²) in [4.78, 5) is 20.8. The third-order valence-corrected chi connectivity index (χ3v) is 14.1. The summed E-state index contributed by atoms with van der Waals surface area (Å²) in [7, 11) is 0. The van der Waals surface area contributed by atoms with Crippen LogP contribution in [0.3, 0.4) is 0 Å². The summed E-state index contributed by atoms with van der Waals surface area (Å²) < 4.78 is 89.1. The number of aryl methyl sites for hydroxylation is 2. The Kier molecular flexibility index (Phi) is 12.5. The lowest BCUT2D eigenvalue weighted by Gasteiger charge is -2.21. The van der Waals surface area contributed by atoms with Gasteiger partial charge in [0.2, 0.25) is 0 Å². The number of hydrogen-bond acceptors (Lipinski definition) is 5. The van der Waals surface area contributed by atoms with Gasteiger partial charge in [-0.25, -0.2) is 19.9 Å². The van der Waals surface area contributed by atoms with Crippen LogP contribution >= 0.6 is 0 Å². The summed E-state index contributed by atoms with van der Waals surface area (Å²) in [6.07, 6.45) is -9.26. The van der Waals surface area contributed by atoms with Gasteiger partial charge in [0, 0.05) is 44.2 Å². The first-order valence-corrected chi connectivity index (χ1v) is 25.2. The molecule has 3 heterocycles. The predicted octanol–water partition coefficient (Wildman–Crippen LogP) is 18.2. The fourth-order valence-electron chi connectivity index (χ4n) is 10.4. The van der Waals surface area contributed by atoms with Gasteiger partial charge in [-0.05, 0) is 108 Å². The molecule has 0 aliphatic carbocycles. The molecule has 0 bridgehead atoms. The van der Waals surface area contributed by atoms with Crippen molar-refractivity contribution in [3.63, 3.8) is 0 Å². The van der Waals surface area contributed by atoms with Crippen LogP contribution in [0.1, 0.15) is 27.8 Å². The highest BCUT2D eigenvalue weighted by atomic mass is 19.4. The van der Waals surface area contributed by atoms with Crippen molar-refractivity contribution in [2.75, 3.05) is 0 Å². The van der Waals surface area contributed by atoms with Crippen LogP contribution < -0.4 is 0 Å². The largest absolute Gasteiger partial charge is 0.417 e. The number of fused-ring (bicyclic) bond motifs is 3. The van der Waals surface area contributed by atoms with Crippen molar-refractivity contribution in [2.45, 2.75) is 26.2 Å². The number of aromatic nitrogens is 5. The maximum absolute atomic E-state index is 15.0. The Bertz CT molecular complexity index is 4090. The van der Waals surface area contributed by atoms with Crippen LogP contribution in [0.25, 0.3) is 118 Å². The highest BCUT2D eigenvalue weighted by Gasteiger charge is 2.35. The third kappa shape index (κ3) is 9.57. The van der Waals surface area contributed by atoms with Crippen molar-refractivity contribution < 1.29 is 26.3 Å². The molecule has 0 saturated carbocycles. The SMILES string of the molecule is Cc1ccc(-c2ccc3c(c2)c2cc(-c4ccc(C(F)(F)F)cc4C)ccc2n3-c2c(-c3cc(-c4ccccc4)nc(-c4ccccc4)n3)cc(C#N)cc2-c2cc(-c3ccccc3)nc(-c3ccccc3)n2)c(C(F)(F)F)c1. The van der Waals surface area contributed by atoms with Crippen molar-refractivity contribution in [1.29, 1.82) is 5.26 Å². The second-order valence-corrected chi connectivity index (χ2v) is 19.3. The van der Waals surface area contributed by atoms with E-state index in [2.05, 4.69) is 6.07 Å². The van der Waals surface area contributed by atoms with E-state index in [0.29, 0.717) is 101 Å². The van der Waals surface area contributed by atoms with E-state index in [1.54, 1.807) is 50.2 Å². The van der Waals surface area contributed by atoms with Gasteiger partial charge in [0.25, 0.3) is 0 Å². The molecule has 12 heteroatoms. The standard InChI is InChI=1S/C67H42F6N6/c1-40-23-27-51(56(31-40)67(71,72)73)48-25-30-62-53(36-48)52-35-47(50-28-26-49(32-41(50)2)66(68,69)70)24-29-61(52)79(62)63-54(59-37-57(43-15-7-3-8-16-43)75-64(77-59)45-19-11-5-12-20-45)33-42(39-74)34-55(63)60-38-58(44-17-9-4-10-18-44)76-65(78-60)46-21-13-6-14-22-46/h3-38H,1-2H3. The topological polar surface area (TPSA) is 80.3 Å². The molecule has 0 unspecified atom stereocenters. The quantitative estimate of drug-likeness (QED) is 0.135. The van der Waals surface area contributed by atoms with Gasteiger partial charge < -0.3 is 4.57 Å². The average molecular weight is 1050 g/mol. The molecule has 0 atom stereocenters. The molecule has 0 saturated heterocycles. The zero-order valence-corrected chi connectivity index (χ0v) is 42.2. The van der Waals surface area contributed by atoms with Crippen LogP contribution in [0.15, 0.2) is 218 Å². The van der Waals surface area contributed by atoms with Crippen LogP contribution in [0.5, 0.6) is 0 Å². The van der Waals surface area contributed by atoms with Gasteiger partial charge in [-0.2, -0.15) is 31.6 Å². The molecule has 79 heavy (non-hydrogen) atoms. The van der Waals surface area contributed by atoms with Crippen LogP contribution in [0, 0.1) is 25.2 Å². The summed E-state index contributed by atoms with van der Waals surface area (Å²) >= 11 is 0. The second-order valence-electron chi connectivity index (χ2n) is 19.3. The molecule has 0 radical (unpaired) electrons. The van der Waals surface area contributed by atoms with Gasteiger partial charge in [0.1, 0.15) is 0 Å². The van der Waals surface area contributed by atoms with E-state index < -0.39 is 23.5 Å². The summed E-state index contributed by atoms with van der Waals surface area (Å²) in [6, 6.07) is 66.7. The lowest BCUT2D eigenvalue weighted by Crippen LogP contribution is -2.07. The van der Waals surface area contributed by atoms with Gasteiger partial charge in [0.05, 0.1) is 62.3 Å². The van der Waals surface area contributed by atoms with E-state index >= 15 is 0 Å². The van der Waals surface area contributed by atoms with E-state index in [-0.39, 0.29) is 11.1 Å². The Labute approximate surface area is 450 Å². The van der Waals surface area contributed by atoms with Crippen LogP contribution in [0.4, 0.5) is 26.3 Å². The molecule has 12 aromatic rings. The third-order valence-electron chi connectivity index (χ3n) is 14.1. The normalized spacial score (nSPS) is 11.8. The van der Waals surface area contributed by atoms with Gasteiger partial charge in [-0.15, -0.1) is 0 Å². The predicted molar refractivity (Wildman–Crippen MR) is 300 cm³/mol. The molecule has 12 rings (SSSR count). The molecule has 0 amide bonds. The van der Waals surface area contributed by atoms with Crippen molar-refractivity contribution in [3.05, 3.63) is 246 Å². The monoisotopic (exact) mass is 1040 g/mol. The summed E-state index contributed by atoms with van der Waals surface area (Å²) in [5, 5.41) is 12.2. The molecule has 0 N–H and O–H groups in total. The highest BCUT2D eigenvalue weighted by molar-refractivity contribution is 6.13. The van der Waals surface area contributed by atoms with E-state index in [0.717, 1.165) is 40.5 Å². The Morgan fingerprint density at radius 3 is 1.28 bits per heavy atom. The lowest BCUT2D eigenvalue weighted by atomic mass is 9.95. The van der Waals surface area contributed by atoms with E-state index in [1.807, 2.05) is 156 Å². The molecule has 9 aromatic carbocycles. The van der Waals surface area contributed by atoms with Crippen LogP contribution in [-0.2, 0) is 12.4 Å². The zero-order valence-electron chi connectivity index (χ0n) is 42.2. The van der Waals surface area contributed by atoms with E-state index in [9.17, 15) is 31.6 Å². The van der Waals surface area contributed by atoms with Gasteiger partial charge >= 0.3 is 12.4 Å². The molecular weight excluding hydrogens is 1000 g/mol. The van der Waals surface area contributed by atoms with Crippen LogP contribution in [0.2, 0.25) is 0 Å². The maximum Gasteiger partial charge on any atom is 0.417 e. The number of hydrogen-bond donors (Lipinski definition) is 0. The van der Waals surface area contributed by atoms with Crippen molar-refractivity contribution in [3.8, 4) is 102 Å². The van der Waals surface area contributed by atoms with Crippen molar-refractivity contribution >= 4 is 21.8 Å². The summed E-state index contributed by atoms with van der Waals surface area (Å²) in [5.41, 5.74) is 8.74. The zero-order chi connectivity index (χ0) is 54.6. The number of alkyl halides is 6. The van der Waals surface area contributed by atoms with Crippen molar-refractivity contribution in [2.24, 2.45) is 0 Å². The fourth-order valence-corrected chi connectivity index (χ4v) is 10.4. The second kappa shape index (κ2) is 19.9. The molecule has 0 aliphatic heterocycles. The molecular formula is C67H42F6N6. The average Bonchev–Trinajstić information content (AvgIpc) is 3.99. The molecule has 0 aliphatic rings. The molecule has 6 nitrogen and oxygen atoms in total. The Balaban J connectivity index is 1.23. The number of nitriles is 1. The van der Waals surface area contributed by atoms with Crippen molar-refractivity contribution in [1.82, 2.24) is 24.5 Å².